The van der Waals surface area contributed by atoms with Crippen molar-refractivity contribution in [3.8, 4) is 0 Å². The predicted molar refractivity (Wildman–Crippen MR) is 88.3 cm³/mol. The number of benzene rings is 1. The van der Waals surface area contributed by atoms with Crippen LogP contribution >= 0.6 is 0 Å². The van der Waals surface area contributed by atoms with Crippen LogP contribution in [0, 0.1) is 5.41 Å². The van der Waals surface area contributed by atoms with Gasteiger partial charge < -0.3 is 14.4 Å². The van der Waals surface area contributed by atoms with Crippen molar-refractivity contribution in [1.82, 2.24) is 4.90 Å². The summed E-state index contributed by atoms with van der Waals surface area (Å²) in [4.78, 5) is 25.8. The Hall–Kier alpha value is -1.84. The number of rotatable bonds is 5. The van der Waals surface area contributed by atoms with Crippen molar-refractivity contribution in [2.24, 2.45) is 5.41 Å². The number of hydrogen-bond acceptors (Lipinski definition) is 3. The summed E-state index contributed by atoms with van der Waals surface area (Å²) in [6.45, 7) is 6.10. The molecule has 1 aromatic carbocycles. The molecule has 0 bridgehead atoms. The number of ether oxygens (including phenoxy) is 1. The Morgan fingerprint density at radius 3 is 2.48 bits per heavy atom. The van der Waals surface area contributed by atoms with Gasteiger partial charge >= 0.3 is 6.09 Å². The van der Waals surface area contributed by atoms with E-state index in [-0.39, 0.29) is 17.6 Å². The van der Waals surface area contributed by atoms with E-state index >= 15 is 0 Å². The molecule has 2 atom stereocenters. The first-order valence-electron chi connectivity index (χ1n) is 8.34. The highest BCUT2D eigenvalue weighted by Gasteiger charge is 2.52. The highest BCUT2D eigenvalue weighted by molar-refractivity contribution is 5.72. The second kappa shape index (κ2) is 5.66. The minimum Gasteiger partial charge on any atom is -0.444 e. The van der Waals surface area contributed by atoms with Gasteiger partial charge in [0.25, 0.3) is 0 Å². The molecule has 4 heteroatoms. The fraction of sp³-hybridized carbons (Fsp3) is 0.579. The van der Waals surface area contributed by atoms with Crippen LogP contribution in [-0.2, 0) is 9.53 Å². The smallest absolute Gasteiger partial charge is 0.410 e. The third-order valence-corrected chi connectivity index (χ3v) is 4.64. The van der Waals surface area contributed by atoms with E-state index in [0.717, 1.165) is 25.5 Å². The molecule has 1 amide bonds. The molecule has 0 heterocycles. The van der Waals surface area contributed by atoms with Crippen molar-refractivity contribution >= 4 is 12.4 Å². The van der Waals surface area contributed by atoms with Crippen LogP contribution in [-0.4, -0.2) is 35.5 Å². The van der Waals surface area contributed by atoms with Crippen LogP contribution in [0.4, 0.5) is 4.79 Å². The maximum atomic E-state index is 12.6. The molecule has 0 aliphatic heterocycles. The molecule has 0 radical (unpaired) electrons. The van der Waals surface area contributed by atoms with Gasteiger partial charge in [0.2, 0.25) is 0 Å². The van der Waals surface area contributed by atoms with Gasteiger partial charge in [-0.25, -0.2) is 4.79 Å². The predicted octanol–water partition coefficient (Wildman–Crippen LogP) is 3.76. The Kier molecular flexibility index (Phi) is 3.95. The van der Waals surface area contributed by atoms with Gasteiger partial charge in [0.1, 0.15) is 11.9 Å². The summed E-state index contributed by atoms with van der Waals surface area (Å²) in [5.74, 6) is 0.353. The molecule has 2 aliphatic carbocycles. The third-order valence-electron chi connectivity index (χ3n) is 4.64. The van der Waals surface area contributed by atoms with Crippen LogP contribution in [0.5, 0.6) is 0 Å². The Labute approximate surface area is 137 Å². The Bertz CT molecular complexity index is 586. The molecule has 0 aromatic heterocycles. The van der Waals surface area contributed by atoms with E-state index in [4.69, 9.17) is 4.74 Å². The van der Waals surface area contributed by atoms with Gasteiger partial charge in [-0.3, -0.25) is 0 Å². The van der Waals surface area contributed by atoms with Crippen molar-refractivity contribution in [1.29, 1.82) is 0 Å². The number of carbonyl (C=O) groups excluding carboxylic acids is 2. The standard InChI is InChI=1S/C19H25NO3/c1-18(2,3)23-17(22)20(12-19(13-21)9-10-19)16-11-15(16)14-7-5-4-6-8-14/h4-8,13,15-16H,9-12H2,1-3H3. The highest BCUT2D eigenvalue weighted by atomic mass is 16.6. The van der Waals surface area contributed by atoms with Crippen molar-refractivity contribution < 1.29 is 14.3 Å². The number of nitrogens with zero attached hydrogens (tertiary/aromatic N) is 1. The summed E-state index contributed by atoms with van der Waals surface area (Å²) >= 11 is 0. The third kappa shape index (κ3) is 3.74. The van der Waals surface area contributed by atoms with Gasteiger partial charge in [-0.15, -0.1) is 0 Å². The molecular weight excluding hydrogens is 290 g/mol. The summed E-state index contributed by atoms with van der Waals surface area (Å²) in [6, 6.07) is 10.4. The fourth-order valence-corrected chi connectivity index (χ4v) is 3.04. The first kappa shape index (κ1) is 16.0. The van der Waals surface area contributed by atoms with Gasteiger partial charge in [-0.1, -0.05) is 30.3 Å². The largest absolute Gasteiger partial charge is 0.444 e. The fourth-order valence-electron chi connectivity index (χ4n) is 3.04. The van der Waals surface area contributed by atoms with E-state index < -0.39 is 5.60 Å². The quantitative estimate of drug-likeness (QED) is 0.777. The van der Waals surface area contributed by atoms with Crippen molar-refractivity contribution in [2.75, 3.05) is 6.54 Å². The molecule has 124 valence electrons. The molecule has 3 rings (SSSR count). The Balaban J connectivity index is 1.74. The monoisotopic (exact) mass is 315 g/mol. The van der Waals surface area contributed by atoms with E-state index in [9.17, 15) is 9.59 Å². The first-order valence-corrected chi connectivity index (χ1v) is 8.34. The Morgan fingerprint density at radius 1 is 1.30 bits per heavy atom. The molecular formula is C19H25NO3. The molecule has 0 N–H and O–H groups in total. The van der Waals surface area contributed by atoms with Crippen LogP contribution < -0.4 is 0 Å². The van der Waals surface area contributed by atoms with Gasteiger partial charge in [0, 0.05) is 23.9 Å². The van der Waals surface area contributed by atoms with Crippen LogP contribution in [0.15, 0.2) is 30.3 Å². The number of aldehydes is 1. The highest BCUT2D eigenvalue weighted by Crippen LogP contribution is 2.50. The van der Waals surface area contributed by atoms with Gasteiger partial charge in [0.05, 0.1) is 0 Å². The van der Waals surface area contributed by atoms with Gasteiger partial charge in [-0.05, 0) is 45.6 Å². The lowest BCUT2D eigenvalue weighted by atomic mass is 10.1. The zero-order chi connectivity index (χ0) is 16.7. The second-order valence-electron chi connectivity index (χ2n) is 7.91. The van der Waals surface area contributed by atoms with Gasteiger partial charge in [0.15, 0.2) is 0 Å². The topological polar surface area (TPSA) is 46.6 Å². The minimum absolute atomic E-state index is 0.143. The number of carbonyl (C=O) groups is 2. The SMILES string of the molecule is CC(C)(C)OC(=O)N(CC1(C=O)CC1)C1CC1c1ccccc1. The number of hydrogen-bond donors (Lipinski definition) is 0. The van der Waals surface area contributed by atoms with Crippen LogP contribution in [0.25, 0.3) is 0 Å². The lowest BCUT2D eigenvalue weighted by Gasteiger charge is -2.29. The molecule has 4 nitrogen and oxygen atoms in total. The molecule has 0 spiro atoms. The van der Waals surface area contributed by atoms with Crippen LogP contribution in [0.3, 0.4) is 0 Å². The summed E-state index contributed by atoms with van der Waals surface area (Å²) < 4.78 is 5.57. The molecule has 2 aliphatic rings. The van der Waals surface area contributed by atoms with Crippen LogP contribution in [0.2, 0.25) is 0 Å². The number of amides is 1. The Morgan fingerprint density at radius 2 is 1.96 bits per heavy atom. The lowest BCUT2D eigenvalue weighted by Crippen LogP contribution is -2.42. The normalized spacial score (nSPS) is 24.7. The maximum absolute atomic E-state index is 12.6. The molecule has 23 heavy (non-hydrogen) atoms. The van der Waals surface area contributed by atoms with E-state index in [2.05, 4.69) is 12.1 Å². The van der Waals surface area contributed by atoms with Crippen molar-refractivity contribution in [2.45, 2.75) is 57.6 Å². The molecule has 2 saturated carbocycles. The molecule has 0 saturated heterocycles. The average molecular weight is 315 g/mol. The summed E-state index contributed by atoms with van der Waals surface area (Å²) in [7, 11) is 0. The molecule has 2 fully saturated rings. The van der Waals surface area contributed by atoms with E-state index in [0.29, 0.717) is 12.5 Å². The summed E-state index contributed by atoms with van der Waals surface area (Å²) in [6.07, 6.45) is 3.41. The van der Waals surface area contributed by atoms with Crippen LogP contribution in [0.1, 0.15) is 51.5 Å². The molecule has 1 aromatic rings. The average Bonchev–Trinajstić information content (AvgIpc) is 3.39. The van der Waals surface area contributed by atoms with E-state index in [1.807, 2.05) is 39.0 Å². The van der Waals surface area contributed by atoms with Crippen molar-refractivity contribution in [3.63, 3.8) is 0 Å². The molecule has 2 unspecified atom stereocenters. The van der Waals surface area contributed by atoms with Gasteiger partial charge in [-0.2, -0.15) is 0 Å². The van der Waals surface area contributed by atoms with Crippen molar-refractivity contribution in [3.05, 3.63) is 35.9 Å². The zero-order valence-corrected chi connectivity index (χ0v) is 14.1. The lowest BCUT2D eigenvalue weighted by molar-refractivity contribution is -0.112. The van der Waals surface area contributed by atoms with E-state index in [1.54, 1.807) is 4.90 Å². The minimum atomic E-state index is -0.523. The second-order valence-corrected chi connectivity index (χ2v) is 7.91. The summed E-state index contributed by atoms with van der Waals surface area (Å²) in [5, 5.41) is 0. The zero-order valence-electron chi connectivity index (χ0n) is 14.1. The summed E-state index contributed by atoms with van der Waals surface area (Å²) in [5.41, 5.74) is 0.396. The first-order chi connectivity index (χ1) is 10.8. The van der Waals surface area contributed by atoms with E-state index in [1.165, 1.54) is 5.56 Å². The maximum Gasteiger partial charge on any atom is 0.410 e.